The van der Waals surface area contributed by atoms with Crippen LogP contribution in [0, 0.1) is 5.82 Å². The Morgan fingerprint density at radius 3 is 2.56 bits per heavy atom. The number of aromatic amines is 1. The first-order chi connectivity index (χ1) is 12.2. The Morgan fingerprint density at radius 1 is 1.08 bits per heavy atom. The van der Waals surface area contributed by atoms with E-state index in [-0.39, 0.29) is 17.8 Å². The van der Waals surface area contributed by atoms with Gasteiger partial charge >= 0.3 is 0 Å². The number of carbonyl (C=O) groups is 1. The topological polar surface area (TPSA) is 45.3 Å². The number of hydrogen-bond donors (Lipinski definition) is 1. The van der Waals surface area contributed by atoms with E-state index in [9.17, 15) is 9.18 Å². The van der Waals surface area contributed by atoms with Crippen LogP contribution in [0.1, 0.15) is 55.3 Å². The SMILES string of the molecule is O=C(c1c[nH]c2ccc(F)cc12)N1CCC(OC2CCCCC2)CC1. The quantitative estimate of drug-likeness (QED) is 0.904. The van der Waals surface area contributed by atoms with Crippen molar-refractivity contribution in [3.8, 4) is 0 Å². The maximum atomic E-state index is 13.5. The highest BCUT2D eigenvalue weighted by molar-refractivity contribution is 6.06. The summed E-state index contributed by atoms with van der Waals surface area (Å²) >= 11 is 0. The molecule has 4 nitrogen and oxygen atoms in total. The van der Waals surface area contributed by atoms with Crippen molar-refractivity contribution in [1.29, 1.82) is 0 Å². The largest absolute Gasteiger partial charge is 0.375 e. The molecular formula is C20H25FN2O2. The van der Waals surface area contributed by atoms with E-state index in [2.05, 4.69) is 4.98 Å². The molecule has 0 atom stereocenters. The summed E-state index contributed by atoms with van der Waals surface area (Å²) in [7, 11) is 0. The van der Waals surface area contributed by atoms with Gasteiger partial charge in [-0.3, -0.25) is 4.79 Å². The molecular weight excluding hydrogens is 319 g/mol. The number of amides is 1. The Kier molecular flexibility index (Phi) is 4.75. The van der Waals surface area contributed by atoms with Gasteiger partial charge in [-0.2, -0.15) is 0 Å². The van der Waals surface area contributed by atoms with Crippen molar-refractivity contribution >= 4 is 16.8 Å². The van der Waals surface area contributed by atoms with E-state index >= 15 is 0 Å². The first-order valence-corrected chi connectivity index (χ1v) is 9.42. The maximum absolute atomic E-state index is 13.5. The zero-order valence-corrected chi connectivity index (χ0v) is 14.5. The number of carbonyl (C=O) groups excluding carboxylic acids is 1. The third-order valence-electron chi connectivity index (χ3n) is 5.54. The zero-order chi connectivity index (χ0) is 17.2. The number of rotatable bonds is 3. The minimum Gasteiger partial charge on any atom is -0.375 e. The minimum atomic E-state index is -0.319. The predicted molar refractivity (Wildman–Crippen MR) is 95.1 cm³/mol. The molecule has 1 N–H and O–H groups in total. The van der Waals surface area contributed by atoms with Crippen molar-refractivity contribution in [1.82, 2.24) is 9.88 Å². The predicted octanol–water partition coefficient (Wildman–Crippen LogP) is 4.26. The van der Waals surface area contributed by atoms with Crippen LogP contribution in [0.4, 0.5) is 4.39 Å². The second kappa shape index (κ2) is 7.16. The van der Waals surface area contributed by atoms with Crippen molar-refractivity contribution < 1.29 is 13.9 Å². The van der Waals surface area contributed by atoms with Gasteiger partial charge < -0.3 is 14.6 Å². The van der Waals surface area contributed by atoms with E-state index in [1.54, 1.807) is 12.3 Å². The number of nitrogens with zero attached hydrogens (tertiary/aromatic N) is 1. The Bertz CT molecular complexity index is 743. The van der Waals surface area contributed by atoms with Gasteiger partial charge in [-0.05, 0) is 43.9 Å². The molecule has 2 aromatic rings. The van der Waals surface area contributed by atoms with Crippen molar-refractivity contribution in [2.24, 2.45) is 0 Å². The summed E-state index contributed by atoms with van der Waals surface area (Å²) in [5.41, 5.74) is 1.35. The smallest absolute Gasteiger partial charge is 0.256 e. The minimum absolute atomic E-state index is 0.0204. The molecule has 134 valence electrons. The highest BCUT2D eigenvalue weighted by Gasteiger charge is 2.27. The second-order valence-corrected chi connectivity index (χ2v) is 7.28. The number of H-pyrrole nitrogens is 1. The van der Waals surface area contributed by atoms with Gasteiger partial charge in [0.15, 0.2) is 0 Å². The normalized spacial score (nSPS) is 20.3. The molecule has 0 spiro atoms. The van der Waals surface area contributed by atoms with E-state index in [1.165, 1.54) is 44.2 Å². The zero-order valence-electron chi connectivity index (χ0n) is 14.5. The fourth-order valence-corrected chi connectivity index (χ4v) is 4.11. The molecule has 1 aliphatic heterocycles. The van der Waals surface area contributed by atoms with Gasteiger partial charge in [0.25, 0.3) is 5.91 Å². The van der Waals surface area contributed by atoms with Crippen LogP contribution in [0.3, 0.4) is 0 Å². The van der Waals surface area contributed by atoms with Gasteiger partial charge in [-0.15, -0.1) is 0 Å². The van der Waals surface area contributed by atoms with Gasteiger partial charge in [-0.25, -0.2) is 4.39 Å². The lowest BCUT2D eigenvalue weighted by atomic mass is 9.97. The van der Waals surface area contributed by atoms with E-state index < -0.39 is 0 Å². The number of hydrogen-bond acceptors (Lipinski definition) is 2. The van der Waals surface area contributed by atoms with Gasteiger partial charge in [0, 0.05) is 30.2 Å². The molecule has 1 aromatic carbocycles. The molecule has 0 bridgehead atoms. The van der Waals surface area contributed by atoms with Gasteiger partial charge in [0.2, 0.25) is 0 Å². The van der Waals surface area contributed by atoms with Gasteiger partial charge in [0.1, 0.15) is 5.82 Å². The fraction of sp³-hybridized carbons (Fsp3) is 0.550. The molecule has 1 saturated carbocycles. The van der Waals surface area contributed by atoms with Crippen LogP contribution in [0.5, 0.6) is 0 Å². The summed E-state index contributed by atoms with van der Waals surface area (Å²) in [6.07, 6.45) is 10.4. The lowest BCUT2D eigenvalue weighted by Gasteiger charge is -2.35. The summed E-state index contributed by atoms with van der Waals surface area (Å²) in [6.45, 7) is 1.41. The number of piperidine rings is 1. The van der Waals surface area contributed by atoms with Crippen LogP contribution in [0.25, 0.3) is 10.9 Å². The van der Waals surface area contributed by atoms with Crippen molar-refractivity contribution in [3.05, 3.63) is 35.8 Å². The molecule has 0 radical (unpaired) electrons. The number of nitrogens with one attached hydrogen (secondary N) is 1. The van der Waals surface area contributed by atoms with E-state index in [1.807, 2.05) is 4.90 Å². The Balaban J connectivity index is 1.38. The van der Waals surface area contributed by atoms with Crippen LogP contribution in [0.15, 0.2) is 24.4 Å². The molecule has 4 rings (SSSR count). The second-order valence-electron chi connectivity index (χ2n) is 7.28. The maximum Gasteiger partial charge on any atom is 0.256 e. The van der Waals surface area contributed by atoms with Crippen LogP contribution in [-0.4, -0.2) is 41.1 Å². The number of likely N-dealkylation sites (tertiary alicyclic amines) is 1. The summed E-state index contributed by atoms with van der Waals surface area (Å²) in [6, 6.07) is 4.50. The molecule has 1 aromatic heterocycles. The molecule has 1 saturated heterocycles. The first-order valence-electron chi connectivity index (χ1n) is 9.42. The van der Waals surface area contributed by atoms with E-state index in [0.29, 0.717) is 30.1 Å². The average Bonchev–Trinajstić information content (AvgIpc) is 3.05. The van der Waals surface area contributed by atoms with E-state index in [0.717, 1.165) is 18.4 Å². The molecule has 1 amide bonds. The molecule has 5 heteroatoms. The molecule has 1 aliphatic carbocycles. The highest BCUT2D eigenvalue weighted by Crippen LogP contribution is 2.26. The van der Waals surface area contributed by atoms with Crippen LogP contribution in [-0.2, 0) is 4.74 Å². The summed E-state index contributed by atoms with van der Waals surface area (Å²) in [5, 5.41) is 0.658. The lowest BCUT2D eigenvalue weighted by molar-refractivity contribution is -0.0526. The molecule has 2 fully saturated rings. The summed E-state index contributed by atoms with van der Waals surface area (Å²) in [5.74, 6) is -0.339. The van der Waals surface area contributed by atoms with Crippen LogP contribution in [0.2, 0.25) is 0 Å². The number of ether oxygens (including phenoxy) is 1. The molecule has 0 unspecified atom stereocenters. The third kappa shape index (κ3) is 3.56. The van der Waals surface area contributed by atoms with Crippen molar-refractivity contribution in [3.63, 3.8) is 0 Å². The first kappa shape index (κ1) is 16.6. The Morgan fingerprint density at radius 2 is 1.80 bits per heavy atom. The highest BCUT2D eigenvalue weighted by atomic mass is 19.1. The summed E-state index contributed by atoms with van der Waals surface area (Å²) < 4.78 is 19.8. The number of aromatic nitrogens is 1. The average molecular weight is 344 g/mol. The Labute approximate surface area is 147 Å². The lowest BCUT2D eigenvalue weighted by Crippen LogP contribution is -2.42. The van der Waals surface area contributed by atoms with Crippen molar-refractivity contribution in [2.75, 3.05) is 13.1 Å². The summed E-state index contributed by atoms with van der Waals surface area (Å²) in [4.78, 5) is 17.8. The fourth-order valence-electron chi connectivity index (χ4n) is 4.11. The van der Waals surface area contributed by atoms with Crippen LogP contribution >= 0.6 is 0 Å². The molecule has 2 aliphatic rings. The number of fused-ring (bicyclic) bond motifs is 1. The molecule has 2 heterocycles. The monoisotopic (exact) mass is 344 g/mol. The van der Waals surface area contributed by atoms with Gasteiger partial charge in [-0.1, -0.05) is 19.3 Å². The number of halogens is 1. The molecule has 25 heavy (non-hydrogen) atoms. The van der Waals surface area contributed by atoms with Crippen molar-refractivity contribution in [2.45, 2.75) is 57.2 Å². The standard InChI is InChI=1S/C20H25FN2O2/c21-14-6-7-19-17(12-14)18(13-22-19)20(24)23-10-8-16(9-11-23)25-15-4-2-1-3-5-15/h6-7,12-13,15-16,22H,1-5,8-11H2. The number of benzene rings is 1. The van der Waals surface area contributed by atoms with E-state index in [4.69, 9.17) is 4.74 Å². The third-order valence-corrected chi connectivity index (χ3v) is 5.54. The Hall–Kier alpha value is -1.88. The van der Waals surface area contributed by atoms with Crippen LogP contribution < -0.4 is 0 Å². The van der Waals surface area contributed by atoms with Gasteiger partial charge in [0.05, 0.1) is 17.8 Å².